The summed E-state index contributed by atoms with van der Waals surface area (Å²) in [7, 11) is 0. The van der Waals surface area contributed by atoms with Crippen molar-refractivity contribution < 1.29 is 22.4 Å². The highest BCUT2D eigenvalue weighted by molar-refractivity contribution is 6.07. The van der Waals surface area contributed by atoms with E-state index in [4.69, 9.17) is 4.42 Å². The number of allylic oxidation sites excluding steroid dienone is 1. The van der Waals surface area contributed by atoms with Gasteiger partial charge >= 0.3 is 11.8 Å². The molecule has 0 N–H and O–H groups in total. The smallest absolute Gasteiger partial charge is 0.416 e. The van der Waals surface area contributed by atoms with Gasteiger partial charge in [-0.05, 0) is 29.8 Å². The average molecular weight is 344 g/mol. The Morgan fingerprint density at radius 1 is 1.00 bits per heavy atom. The summed E-state index contributed by atoms with van der Waals surface area (Å²) < 4.78 is 43.9. The number of rotatable bonds is 3. The second-order valence-electron chi connectivity index (χ2n) is 5.27. The first-order chi connectivity index (χ1) is 11.9. The van der Waals surface area contributed by atoms with E-state index in [1.54, 1.807) is 24.3 Å². The molecule has 0 radical (unpaired) electrons. The molecule has 0 amide bonds. The number of para-hydroxylation sites is 1. The van der Waals surface area contributed by atoms with Gasteiger partial charge < -0.3 is 4.42 Å². The zero-order valence-corrected chi connectivity index (χ0v) is 12.7. The van der Waals surface area contributed by atoms with Crippen LogP contribution in [0, 0.1) is 0 Å². The van der Waals surface area contributed by atoms with Crippen molar-refractivity contribution in [3.8, 4) is 0 Å². The molecular weight excluding hydrogens is 333 g/mol. The lowest BCUT2D eigenvalue weighted by atomic mass is 10.0. The third kappa shape index (κ3) is 3.52. The van der Waals surface area contributed by atoms with Crippen LogP contribution in [-0.2, 0) is 6.18 Å². The molecule has 0 spiro atoms. The molecule has 3 aromatic rings. The maximum Gasteiger partial charge on any atom is 0.416 e. The summed E-state index contributed by atoms with van der Waals surface area (Å²) in [4.78, 5) is 24.1. The van der Waals surface area contributed by atoms with Crippen molar-refractivity contribution in [2.75, 3.05) is 0 Å². The summed E-state index contributed by atoms with van der Waals surface area (Å²) in [6.07, 6.45) is -2.56. The molecular formula is C19H11F3O3. The van der Waals surface area contributed by atoms with E-state index in [0.717, 1.165) is 18.2 Å². The van der Waals surface area contributed by atoms with Crippen molar-refractivity contribution >= 4 is 22.8 Å². The Hall–Kier alpha value is -3.15. The van der Waals surface area contributed by atoms with Crippen LogP contribution in [0.4, 0.5) is 13.2 Å². The lowest BCUT2D eigenvalue weighted by molar-refractivity contribution is -0.137. The summed E-state index contributed by atoms with van der Waals surface area (Å²) in [5, 5.41) is 0.551. The standard InChI is InChI=1S/C19H11F3O3/c20-19(21,22)15-7-3-1-5-12(15)9-10-16(23)14-11-13-6-2-4-8-17(13)25-18(14)24/h1-11H/b10-9+. The van der Waals surface area contributed by atoms with Crippen LogP contribution in [0.2, 0.25) is 0 Å². The zero-order chi connectivity index (χ0) is 18.0. The van der Waals surface area contributed by atoms with E-state index in [9.17, 15) is 22.8 Å². The number of hydrogen-bond acceptors (Lipinski definition) is 3. The SMILES string of the molecule is O=C(/C=C/c1ccccc1C(F)(F)F)c1cc2ccccc2oc1=O. The number of carbonyl (C=O) groups is 1. The molecule has 0 fully saturated rings. The summed E-state index contributed by atoms with van der Waals surface area (Å²) in [5.74, 6) is -0.725. The first kappa shape index (κ1) is 16.7. The first-order valence-corrected chi connectivity index (χ1v) is 7.28. The highest BCUT2D eigenvalue weighted by Crippen LogP contribution is 2.32. The van der Waals surface area contributed by atoms with E-state index >= 15 is 0 Å². The Kier molecular flexibility index (Phi) is 4.27. The first-order valence-electron chi connectivity index (χ1n) is 7.28. The van der Waals surface area contributed by atoms with Gasteiger partial charge in [0.15, 0.2) is 5.78 Å². The summed E-state index contributed by atoms with van der Waals surface area (Å²) in [5.41, 5.74) is -1.76. The molecule has 0 aliphatic carbocycles. The summed E-state index contributed by atoms with van der Waals surface area (Å²) in [6.45, 7) is 0. The monoisotopic (exact) mass is 344 g/mol. The molecule has 126 valence electrons. The Morgan fingerprint density at radius 3 is 2.44 bits per heavy atom. The van der Waals surface area contributed by atoms with Crippen LogP contribution in [0.25, 0.3) is 17.0 Å². The van der Waals surface area contributed by atoms with Gasteiger partial charge in [-0.3, -0.25) is 4.79 Å². The molecule has 0 unspecified atom stereocenters. The van der Waals surface area contributed by atoms with Gasteiger partial charge in [0.25, 0.3) is 0 Å². The van der Waals surface area contributed by atoms with Crippen LogP contribution in [-0.4, -0.2) is 5.78 Å². The normalized spacial score (nSPS) is 12.0. The maximum absolute atomic E-state index is 13.0. The Balaban J connectivity index is 1.97. The fourth-order valence-electron chi connectivity index (χ4n) is 2.39. The van der Waals surface area contributed by atoms with Crippen molar-refractivity contribution in [1.82, 2.24) is 0 Å². The average Bonchev–Trinajstić information content (AvgIpc) is 2.58. The number of carbonyl (C=O) groups excluding carboxylic acids is 1. The molecule has 3 rings (SSSR count). The Morgan fingerprint density at radius 2 is 1.68 bits per heavy atom. The molecule has 1 heterocycles. The molecule has 0 aliphatic rings. The van der Waals surface area contributed by atoms with E-state index in [0.29, 0.717) is 11.0 Å². The van der Waals surface area contributed by atoms with Crippen LogP contribution in [0.15, 0.2) is 69.9 Å². The van der Waals surface area contributed by atoms with Gasteiger partial charge in [0.1, 0.15) is 11.1 Å². The van der Waals surface area contributed by atoms with Gasteiger partial charge in [0.05, 0.1) is 5.56 Å². The highest BCUT2D eigenvalue weighted by atomic mass is 19.4. The maximum atomic E-state index is 13.0. The minimum Gasteiger partial charge on any atom is -0.422 e. The number of ketones is 1. The fraction of sp³-hybridized carbons (Fsp3) is 0.0526. The number of alkyl halides is 3. The second kappa shape index (κ2) is 6.39. The predicted molar refractivity (Wildman–Crippen MR) is 87.3 cm³/mol. The Labute approximate surface area is 140 Å². The third-order valence-corrected chi connectivity index (χ3v) is 3.59. The van der Waals surface area contributed by atoms with Gasteiger partial charge in [-0.2, -0.15) is 13.2 Å². The molecule has 0 saturated heterocycles. The minimum atomic E-state index is -4.54. The molecule has 25 heavy (non-hydrogen) atoms. The molecule has 2 aromatic carbocycles. The van der Waals surface area contributed by atoms with Gasteiger partial charge in [0, 0.05) is 5.39 Å². The lowest BCUT2D eigenvalue weighted by Gasteiger charge is -2.09. The number of hydrogen-bond donors (Lipinski definition) is 0. The molecule has 6 heteroatoms. The largest absolute Gasteiger partial charge is 0.422 e. The lowest BCUT2D eigenvalue weighted by Crippen LogP contribution is -2.12. The van der Waals surface area contributed by atoms with Crippen molar-refractivity contribution in [2.45, 2.75) is 6.18 Å². The fourth-order valence-corrected chi connectivity index (χ4v) is 2.39. The van der Waals surface area contributed by atoms with Crippen LogP contribution >= 0.6 is 0 Å². The highest BCUT2D eigenvalue weighted by Gasteiger charge is 2.32. The third-order valence-electron chi connectivity index (χ3n) is 3.59. The van der Waals surface area contributed by atoms with E-state index in [-0.39, 0.29) is 11.1 Å². The topological polar surface area (TPSA) is 47.3 Å². The van der Waals surface area contributed by atoms with Crippen molar-refractivity contribution in [3.05, 3.63) is 87.8 Å². The molecule has 0 aliphatic heterocycles. The van der Waals surface area contributed by atoms with Crippen molar-refractivity contribution in [3.63, 3.8) is 0 Å². The van der Waals surface area contributed by atoms with Crippen LogP contribution in [0.5, 0.6) is 0 Å². The van der Waals surface area contributed by atoms with Crippen LogP contribution < -0.4 is 5.63 Å². The quantitative estimate of drug-likeness (QED) is 0.393. The van der Waals surface area contributed by atoms with Crippen LogP contribution in [0.3, 0.4) is 0 Å². The van der Waals surface area contributed by atoms with E-state index in [1.807, 2.05) is 0 Å². The van der Waals surface area contributed by atoms with E-state index in [1.165, 1.54) is 24.3 Å². The summed E-state index contributed by atoms with van der Waals surface area (Å²) in [6, 6.07) is 12.9. The van der Waals surface area contributed by atoms with Crippen LogP contribution in [0.1, 0.15) is 21.5 Å². The molecule has 3 nitrogen and oxygen atoms in total. The predicted octanol–water partition coefficient (Wildman–Crippen LogP) is 4.71. The van der Waals surface area contributed by atoms with Gasteiger partial charge in [-0.15, -0.1) is 0 Å². The molecule has 0 atom stereocenters. The zero-order valence-electron chi connectivity index (χ0n) is 12.7. The number of benzene rings is 2. The van der Waals surface area contributed by atoms with Gasteiger partial charge in [-0.25, -0.2) is 4.79 Å². The second-order valence-corrected chi connectivity index (χ2v) is 5.27. The minimum absolute atomic E-state index is 0.159. The van der Waals surface area contributed by atoms with E-state index in [2.05, 4.69) is 0 Å². The number of fused-ring (bicyclic) bond motifs is 1. The van der Waals surface area contributed by atoms with Crippen molar-refractivity contribution in [1.29, 1.82) is 0 Å². The van der Waals surface area contributed by atoms with Crippen molar-refractivity contribution in [2.24, 2.45) is 0 Å². The van der Waals surface area contributed by atoms with E-state index < -0.39 is 23.1 Å². The molecule has 0 saturated carbocycles. The Bertz CT molecular complexity index is 1030. The molecule has 0 bridgehead atoms. The molecule has 1 aromatic heterocycles. The van der Waals surface area contributed by atoms with Gasteiger partial charge in [-0.1, -0.05) is 42.5 Å². The van der Waals surface area contributed by atoms with Gasteiger partial charge in [0.2, 0.25) is 0 Å². The number of halogens is 3. The summed E-state index contributed by atoms with van der Waals surface area (Å²) >= 11 is 0.